The number of aliphatic hydroxyl groups excluding tert-OH is 1. The second-order valence-electron chi connectivity index (χ2n) is 5.03. The molecule has 0 saturated carbocycles. The Hall–Kier alpha value is -0.400. The molecule has 0 amide bonds. The molecule has 0 radical (unpaired) electrons. The van der Waals surface area contributed by atoms with Crippen molar-refractivity contribution in [2.75, 3.05) is 26.2 Å². The van der Waals surface area contributed by atoms with E-state index in [4.69, 9.17) is 5.11 Å². The molecule has 0 aliphatic heterocycles. The second kappa shape index (κ2) is 15.5. The summed E-state index contributed by atoms with van der Waals surface area (Å²) >= 11 is 0. The van der Waals surface area contributed by atoms with Gasteiger partial charge in [0.05, 0.1) is 19.2 Å². The van der Waals surface area contributed by atoms with Crippen molar-refractivity contribution in [3.8, 4) is 0 Å². The number of carbonyl (C=O) groups is 1. The fourth-order valence-corrected chi connectivity index (χ4v) is 1.85. The summed E-state index contributed by atoms with van der Waals surface area (Å²) in [4.78, 5) is 16.2. The molecule has 122 valence electrons. The molecule has 6 nitrogen and oxygen atoms in total. The zero-order chi connectivity index (χ0) is 16.1. The fraction of sp³-hybridized carbons (Fsp3) is 0.733. The maximum Gasteiger partial charge on any atom is 1.00 e. The van der Waals surface area contributed by atoms with E-state index in [-0.39, 0.29) is 55.1 Å². The van der Waals surface area contributed by atoms with Gasteiger partial charge in [0, 0.05) is 13.1 Å². The van der Waals surface area contributed by atoms with Crippen LogP contribution in [-0.2, 0) is 4.79 Å². The van der Waals surface area contributed by atoms with Crippen LogP contribution >= 0.6 is 0 Å². The van der Waals surface area contributed by atoms with Gasteiger partial charge in [0.25, 0.3) is 0 Å². The van der Waals surface area contributed by atoms with E-state index in [0.717, 1.165) is 19.3 Å². The third-order valence-electron chi connectivity index (χ3n) is 2.75. The summed E-state index contributed by atoms with van der Waals surface area (Å²) in [6.45, 7) is 4.39. The molecule has 22 heavy (non-hydrogen) atoms. The van der Waals surface area contributed by atoms with Crippen molar-refractivity contribution in [2.45, 2.75) is 45.6 Å². The van der Waals surface area contributed by atoms with Gasteiger partial charge >= 0.3 is 35.5 Å². The molecular weight excluding hydrogens is 295 g/mol. The first-order valence-corrected chi connectivity index (χ1v) is 7.43. The van der Waals surface area contributed by atoms with Crippen molar-refractivity contribution in [2.24, 2.45) is 4.99 Å². The molecule has 0 heterocycles. The Balaban J connectivity index is 0. The Morgan fingerprint density at radius 2 is 2.09 bits per heavy atom. The van der Waals surface area contributed by atoms with Crippen LogP contribution in [0, 0.1) is 0 Å². The van der Waals surface area contributed by atoms with Gasteiger partial charge in [0.1, 0.15) is 0 Å². The number of nitrogens with zero attached hydrogens (tertiary/aromatic N) is 2. The predicted molar refractivity (Wildman–Crippen MR) is 81.3 cm³/mol. The Kier molecular flexibility index (Phi) is 16.8. The van der Waals surface area contributed by atoms with E-state index >= 15 is 0 Å². The van der Waals surface area contributed by atoms with Crippen LogP contribution in [0.15, 0.2) is 17.1 Å². The standard InChI is InChI=1S/C15H28N2O4.Na/c1-3-4-5-6-7-8-14(19)16-9-10-17(11-13(2)18)12-15(20)21;/h4-5,13,18H,3,6-12H2,1-2H3,(H,16,19)(H,20,21);/q;+1/p-1/b5-4+;. The molecule has 2 N–H and O–H groups in total. The van der Waals surface area contributed by atoms with Gasteiger partial charge in [0.2, 0.25) is 0 Å². The van der Waals surface area contributed by atoms with Gasteiger partial charge in [-0.3, -0.25) is 9.69 Å². The minimum absolute atomic E-state index is 0. The summed E-state index contributed by atoms with van der Waals surface area (Å²) in [5, 5.41) is 29.6. The van der Waals surface area contributed by atoms with E-state index in [2.05, 4.69) is 24.1 Å². The topological polar surface area (TPSA) is 96.2 Å². The van der Waals surface area contributed by atoms with Crippen molar-refractivity contribution in [3.05, 3.63) is 12.2 Å². The summed E-state index contributed by atoms with van der Waals surface area (Å²) in [6, 6.07) is 0. The number of hydrogen-bond donors (Lipinski definition) is 2. The van der Waals surface area contributed by atoms with Crippen LogP contribution < -0.4 is 34.7 Å². The number of carboxylic acids is 1. The smallest absolute Gasteiger partial charge is 0.862 e. The average molecular weight is 322 g/mol. The largest absolute Gasteiger partial charge is 1.00 e. The van der Waals surface area contributed by atoms with E-state index < -0.39 is 12.1 Å². The zero-order valence-corrected chi connectivity index (χ0v) is 16.0. The summed E-state index contributed by atoms with van der Waals surface area (Å²) in [7, 11) is 0. The van der Waals surface area contributed by atoms with Crippen LogP contribution in [0.25, 0.3) is 0 Å². The first-order valence-electron chi connectivity index (χ1n) is 7.43. The third-order valence-corrected chi connectivity index (χ3v) is 2.75. The molecule has 0 aliphatic rings. The number of aliphatic carboxylic acids is 1. The normalized spacial score (nSPS) is 13.4. The minimum atomic E-state index is -0.954. The zero-order valence-electron chi connectivity index (χ0n) is 14.0. The molecule has 1 unspecified atom stereocenters. The number of hydrogen-bond acceptors (Lipinski definition) is 5. The number of aliphatic hydroxyl groups is 1. The van der Waals surface area contributed by atoms with Gasteiger partial charge in [-0.25, -0.2) is 0 Å². The summed E-state index contributed by atoms with van der Waals surface area (Å²) < 4.78 is 0. The van der Waals surface area contributed by atoms with Gasteiger partial charge in [0.15, 0.2) is 0 Å². The molecule has 0 aromatic rings. The van der Waals surface area contributed by atoms with Crippen molar-refractivity contribution >= 4 is 11.9 Å². The molecule has 0 saturated heterocycles. The van der Waals surface area contributed by atoms with E-state index in [1.54, 1.807) is 11.8 Å². The van der Waals surface area contributed by atoms with E-state index in [1.165, 1.54) is 0 Å². The van der Waals surface area contributed by atoms with Gasteiger partial charge in [-0.15, -0.1) is 0 Å². The Bertz CT molecular complexity index is 346. The first-order chi connectivity index (χ1) is 9.95. The fourth-order valence-electron chi connectivity index (χ4n) is 1.85. The second-order valence-corrected chi connectivity index (χ2v) is 5.03. The molecule has 0 aromatic heterocycles. The third kappa shape index (κ3) is 16.0. The van der Waals surface area contributed by atoms with E-state index in [9.17, 15) is 15.0 Å². The van der Waals surface area contributed by atoms with Crippen LogP contribution in [0.3, 0.4) is 0 Å². The van der Waals surface area contributed by atoms with Crippen LogP contribution in [0.5, 0.6) is 0 Å². The summed E-state index contributed by atoms with van der Waals surface area (Å²) in [6.07, 6.45) is 6.61. The Morgan fingerprint density at radius 3 is 2.64 bits per heavy atom. The van der Waals surface area contributed by atoms with Crippen LogP contribution in [0.4, 0.5) is 0 Å². The van der Waals surface area contributed by atoms with Crippen molar-refractivity contribution in [1.82, 2.24) is 4.90 Å². The molecule has 0 fully saturated rings. The molecule has 7 heteroatoms. The van der Waals surface area contributed by atoms with E-state index in [0.29, 0.717) is 13.0 Å². The molecular formula is C15H27N2NaO4. The van der Waals surface area contributed by atoms with E-state index in [1.807, 2.05) is 0 Å². The molecule has 0 aliphatic carbocycles. The number of allylic oxidation sites excluding steroid dienone is 2. The summed E-state index contributed by atoms with van der Waals surface area (Å²) in [5.41, 5.74) is 0. The number of rotatable bonds is 12. The summed E-state index contributed by atoms with van der Waals surface area (Å²) in [5.74, 6) is -1.10. The number of aliphatic imine (C=N–C) groups is 1. The quantitative estimate of drug-likeness (QED) is 0.138. The van der Waals surface area contributed by atoms with Gasteiger partial charge < -0.3 is 20.3 Å². The molecule has 0 aromatic carbocycles. The van der Waals surface area contributed by atoms with Crippen LogP contribution in [0.2, 0.25) is 0 Å². The Morgan fingerprint density at radius 1 is 1.41 bits per heavy atom. The van der Waals surface area contributed by atoms with Crippen LogP contribution in [-0.4, -0.2) is 59.3 Å². The molecule has 0 rings (SSSR count). The minimum Gasteiger partial charge on any atom is -0.862 e. The molecule has 1 atom stereocenters. The van der Waals surface area contributed by atoms with Crippen molar-refractivity contribution in [1.29, 1.82) is 0 Å². The first kappa shape index (κ1) is 23.9. The predicted octanol–water partition coefficient (Wildman–Crippen LogP) is -2.35. The van der Waals surface area contributed by atoms with Gasteiger partial charge in [-0.2, -0.15) is 0 Å². The number of carboxylic acid groups (broad SMARTS) is 1. The molecule has 0 spiro atoms. The maximum atomic E-state index is 11.5. The van der Waals surface area contributed by atoms with Crippen molar-refractivity contribution in [3.63, 3.8) is 0 Å². The van der Waals surface area contributed by atoms with Crippen molar-refractivity contribution < 1.29 is 49.7 Å². The Labute approximate surface area is 155 Å². The SMILES string of the molecule is CC/C=C/CCCC([O-])=NCCN(CC(=O)O)CC(C)O.[Na+]. The molecule has 0 bridgehead atoms. The van der Waals surface area contributed by atoms with Crippen LogP contribution in [0.1, 0.15) is 39.5 Å². The average Bonchev–Trinajstić information content (AvgIpc) is 2.37. The maximum absolute atomic E-state index is 11.5. The van der Waals surface area contributed by atoms with Gasteiger partial charge in [-0.05, 0) is 38.5 Å². The van der Waals surface area contributed by atoms with Gasteiger partial charge in [-0.1, -0.05) is 19.1 Å². The monoisotopic (exact) mass is 322 g/mol. The number of unbranched alkanes of at least 4 members (excludes halogenated alkanes) is 1.